The van der Waals surface area contributed by atoms with Crippen LogP contribution in [0.15, 0.2) is 102 Å². The van der Waals surface area contributed by atoms with Crippen LogP contribution in [-0.2, 0) is 6.18 Å². The number of carbonyl (C=O) groups excluding carboxylic acids is 3. The van der Waals surface area contributed by atoms with Crippen LogP contribution in [0.25, 0.3) is 11.1 Å². The van der Waals surface area contributed by atoms with Gasteiger partial charge in [-0.15, -0.1) is 0 Å². The number of Topliss-reactive ketones (excluding diaryl/α,β-unsaturated/α-hetero) is 1. The molecular weight excluding hydrogens is 762 g/mol. The van der Waals surface area contributed by atoms with Crippen LogP contribution in [0.3, 0.4) is 0 Å². The van der Waals surface area contributed by atoms with Gasteiger partial charge in [0.1, 0.15) is 0 Å². The SMILES string of the molecule is CCN(CC)C(=O)c1ccc(C(=C2CCNCC2)c2cc(C)cc(C(F)(F)F)c2)cc1.CCN(CC)C(=O)c1ccc(C(=C2CCNCC2)c2cccc(C(C)=O)c2)cc1. The second-order valence-electron chi connectivity index (χ2n) is 15.3. The number of amides is 2. The fourth-order valence-corrected chi connectivity index (χ4v) is 8.04. The summed E-state index contributed by atoms with van der Waals surface area (Å²) in [6, 6.07) is 27.3. The van der Waals surface area contributed by atoms with Gasteiger partial charge in [0.2, 0.25) is 0 Å². The number of carbonyl (C=O) groups is 3. The van der Waals surface area contributed by atoms with Crippen molar-refractivity contribution in [2.24, 2.45) is 0 Å². The molecule has 4 aromatic carbocycles. The van der Waals surface area contributed by atoms with Crippen LogP contribution in [0.4, 0.5) is 13.2 Å². The summed E-state index contributed by atoms with van der Waals surface area (Å²) in [6.45, 7) is 17.4. The molecule has 60 heavy (non-hydrogen) atoms. The molecular formula is C50H59F3N4O3. The van der Waals surface area contributed by atoms with Crippen molar-refractivity contribution in [1.82, 2.24) is 20.4 Å². The van der Waals surface area contributed by atoms with Gasteiger partial charge in [-0.2, -0.15) is 13.2 Å². The van der Waals surface area contributed by atoms with Crippen molar-refractivity contribution in [2.45, 2.75) is 73.4 Å². The fourth-order valence-electron chi connectivity index (χ4n) is 8.04. The van der Waals surface area contributed by atoms with E-state index in [1.807, 2.05) is 93.3 Å². The minimum absolute atomic E-state index is 0.0393. The molecule has 4 aromatic rings. The molecule has 2 amide bonds. The Bertz CT molecular complexity index is 2170. The highest BCUT2D eigenvalue weighted by Gasteiger charge is 2.31. The minimum atomic E-state index is -4.40. The predicted molar refractivity (Wildman–Crippen MR) is 236 cm³/mol. The Morgan fingerprint density at radius 2 is 0.933 bits per heavy atom. The lowest BCUT2D eigenvalue weighted by Crippen LogP contribution is -2.30. The molecule has 6 rings (SSSR count). The molecule has 318 valence electrons. The highest BCUT2D eigenvalue weighted by Crippen LogP contribution is 2.37. The summed E-state index contributed by atoms with van der Waals surface area (Å²) >= 11 is 0. The Morgan fingerprint density at radius 1 is 0.533 bits per heavy atom. The van der Waals surface area contributed by atoms with E-state index in [9.17, 15) is 27.6 Å². The molecule has 2 N–H and O–H groups in total. The lowest BCUT2D eigenvalue weighted by Gasteiger charge is -2.23. The monoisotopic (exact) mass is 820 g/mol. The average Bonchev–Trinajstić information content (AvgIpc) is 3.26. The number of piperidine rings is 2. The van der Waals surface area contributed by atoms with Gasteiger partial charge < -0.3 is 20.4 Å². The van der Waals surface area contributed by atoms with Crippen LogP contribution in [0, 0.1) is 6.92 Å². The molecule has 10 heteroatoms. The normalized spacial score (nSPS) is 14.2. The number of aryl methyl sites for hydroxylation is 1. The van der Waals surface area contributed by atoms with Gasteiger partial charge in [-0.1, -0.05) is 59.7 Å². The molecule has 0 bridgehead atoms. The third-order valence-corrected chi connectivity index (χ3v) is 11.3. The molecule has 2 aliphatic heterocycles. The van der Waals surface area contributed by atoms with Crippen LogP contribution in [0.1, 0.15) is 125 Å². The van der Waals surface area contributed by atoms with Gasteiger partial charge >= 0.3 is 6.18 Å². The standard InChI is InChI=1S/C25H29F3N2O.C25H30N2O2/c1-4-30(5-2)24(31)20-8-6-18(7-9-20)23(19-10-12-29-13-11-19)21-14-17(3)15-22(16-21)25(26,27)28;1-4-27(5-2)25(29)21-11-9-19(10-12-21)24(20-13-15-26-16-14-20)23-8-6-7-22(17-23)18(3)28/h6-9,14-16,29H,4-5,10-13H2,1-3H3;6-12,17,26H,4-5,13-16H2,1-3H3. The maximum absolute atomic E-state index is 13.5. The molecule has 2 fully saturated rings. The lowest BCUT2D eigenvalue weighted by molar-refractivity contribution is -0.137. The van der Waals surface area contributed by atoms with Crippen LogP contribution in [0.2, 0.25) is 0 Å². The van der Waals surface area contributed by atoms with Gasteiger partial charge in [0.05, 0.1) is 5.56 Å². The number of ketones is 1. The number of hydrogen-bond donors (Lipinski definition) is 2. The Morgan fingerprint density at radius 3 is 1.33 bits per heavy atom. The summed E-state index contributed by atoms with van der Waals surface area (Å²) in [5, 5.41) is 6.72. The summed E-state index contributed by atoms with van der Waals surface area (Å²) in [6.07, 6.45) is -0.861. The van der Waals surface area contributed by atoms with Crippen LogP contribution >= 0.6 is 0 Å². The summed E-state index contributed by atoms with van der Waals surface area (Å²) in [7, 11) is 0. The topological polar surface area (TPSA) is 81.8 Å². The van der Waals surface area contributed by atoms with Crippen molar-refractivity contribution in [3.05, 3.63) is 152 Å². The number of benzene rings is 4. The first-order valence-corrected chi connectivity index (χ1v) is 21.2. The van der Waals surface area contributed by atoms with Crippen molar-refractivity contribution < 1.29 is 27.6 Å². The number of halogens is 3. The first-order valence-electron chi connectivity index (χ1n) is 21.2. The van der Waals surface area contributed by atoms with Crippen molar-refractivity contribution in [2.75, 3.05) is 52.4 Å². The van der Waals surface area contributed by atoms with Gasteiger partial charge in [0, 0.05) is 42.9 Å². The van der Waals surface area contributed by atoms with Gasteiger partial charge in [-0.05, 0) is 175 Å². The Hall–Kier alpha value is -5.32. The average molecular weight is 821 g/mol. The Kier molecular flexibility index (Phi) is 16.2. The number of nitrogens with one attached hydrogen (secondary N) is 2. The molecule has 0 aromatic heterocycles. The highest BCUT2D eigenvalue weighted by atomic mass is 19.4. The zero-order valence-electron chi connectivity index (χ0n) is 35.9. The van der Waals surface area contributed by atoms with Gasteiger partial charge in [-0.3, -0.25) is 14.4 Å². The third kappa shape index (κ3) is 11.5. The first kappa shape index (κ1) is 45.8. The number of hydrogen-bond acceptors (Lipinski definition) is 5. The second-order valence-corrected chi connectivity index (χ2v) is 15.3. The maximum atomic E-state index is 13.5. The summed E-state index contributed by atoms with van der Waals surface area (Å²) in [5.74, 6) is 0.0976. The number of rotatable bonds is 11. The van der Waals surface area contributed by atoms with Crippen molar-refractivity contribution in [1.29, 1.82) is 0 Å². The molecule has 2 aliphatic rings. The van der Waals surface area contributed by atoms with E-state index in [2.05, 4.69) is 16.7 Å². The van der Waals surface area contributed by atoms with Crippen LogP contribution in [0.5, 0.6) is 0 Å². The Balaban J connectivity index is 0.000000228. The quantitative estimate of drug-likeness (QED) is 0.147. The van der Waals surface area contributed by atoms with Crippen molar-refractivity contribution in [3.8, 4) is 0 Å². The predicted octanol–water partition coefficient (Wildman–Crippen LogP) is 10.2. The van der Waals surface area contributed by atoms with Gasteiger partial charge in [-0.25, -0.2) is 0 Å². The molecule has 0 saturated carbocycles. The molecule has 0 aliphatic carbocycles. The van der Waals surface area contributed by atoms with E-state index in [-0.39, 0.29) is 17.6 Å². The van der Waals surface area contributed by atoms with Crippen molar-refractivity contribution in [3.63, 3.8) is 0 Å². The number of alkyl halides is 3. The zero-order valence-corrected chi connectivity index (χ0v) is 35.9. The molecule has 0 radical (unpaired) electrons. The largest absolute Gasteiger partial charge is 0.416 e. The molecule has 2 saturated heterocycles. The van der Waals surface area contributed by atoms with E-state index in [4.69, 9.17) is 0 Å². The molecule has 7 nitrogen and oxygen atoms in total. The van der Waals surface area contributed by atoms with Crippen LogP contribution in [-0.4, -0.2) is 79.8 Å². The van der Waals surface area contributed by atoms with E-state index < -0.39 is 11.7 Å². The van der Waals surface area contributed by atoms with Gasteiger partial charge in [0.15, 0.2) is 5.78 Å². The van der Waals surface area contributed by atoms with E-state index >= 15 is 0 Å². The van der Waals surface area contributed by atoms with Gasteiger partial charge in [0.25, 0.3) is 11.8 Å². The highest BCUT2D eigenvalue weighted by molar-refractivity contribution is 5.97. The van der Waals surface area contributed by atoms with E-state index in [0.717, 1.165) is 85.3 Å². The molecule has 0 spiro atoms. The minimum Gasteiger partial charge on any atom is -0.339 e. The smallest absolute Gasteiger partial charge is 0.339 e. The first-order chi connectivity index (χ1) is 28.8. The summed E-state index contributed by atoms with van der Waals surface area (Å²) in [5.41, 5.74) is 10.1. The Labute approximate surface area is 353 Å². The maximum Gasteiger partial charge on any atom is 0.416 e. The molecule has 0 unspecified atom stereocenters. The second kappa shape index (κ2) is 21.3. The fraction of sp³-hybridized carbons (Fsp3) is 0.380. The summed E-state index contributed by atoms with van der Waals surface area (Å²) < 4.78 is 40.4. The summed E-state index contributed by atoms with van der Waals surface area (Å²) in [4.78, 5) is 40.8. The van der Waals surface area contributed by atoms with Crippen molar-refractivity contribution >= 4 is 28.7 Å². The van der Waals surface area contributed by atoms with Crippen LogP contribution < -0.4 is 10.6 Å². The molecule has 0 atom stereocenters. The zero-order chi connectivity index (χ0) is 43.4. The molecule has 2 heterocycles. The van der Waals surface area contributed by atoms with E-state index in [0.29, 0.717) is 48.4 Å². The third-order valence-electron chi connectivity index (χ3n) is 11.3. The van der Waals surface area contributed by atoms with E-state index in [1.165, 1.54) is 23.3 Å². The van der Waals surface area contributed by atoms with E-state index in [1.54, 1.807) is 30.9 Å². The lowest BCUT2D eigenvalue weighted by atomic mass is 9.87. The number of nitrogens with zero attached hydrogens (tertiary/aromatic N) is 2.